The predicted octanol–water partition coefficient (Wildman–Crippen LogP) is 3.73. The van der Waals surface area contributed by atoms with Crippen LogP contribution >= 0.6 is 23.7 Å². The van der Waals surface area contributed by atoms with Crippen molar-refractivity contribution in [1.29, 1.82) is 0 Å². The molecule has 0 spiro atoms. The number of hydrogen-bond acceptors (Lipinski definition) is 5. The minimum Gasteiger partial charge on any atom is -0.497 e. The fourth-order valence-electron chi connectivity index (χ4n) is 3.14. The molecule has 2 atom stereocenters. The average molecular weight is 396 g/mol. The van der Waals surface area contributed by atoms with Gasteiger partial charge in [0.25, 0.3) is 0 Å². The van der Waals surface area contributed by atoms with Gasteiger partial charge in [-0.1, -0.05) is 0 Å². The van der Waals surface area contributed by atoms with Crippen LogP contribution in [0.5, 0.6) is 5.75 Å². The molecule has 3 rings (SSSR count). The van der Waals surface area contributed by atoms with Gasteiger partial charge in [-0.2, -0.15) is 0 Å². The highest BCUT2D eigenvalue weighted by Gasteiger charge is 2.24. The van der Waals surface area contributed by atoms with E-state index in [-0.39, 0.29) is 30.3 Å². The molecule has 1 amide bonds. The number of carbonyl (C=O) groups is 1. The van der Waals surface area contributed by atoms with Crippen LogP contribution in [-0.2, 0) is 4.79 Å². The third-order valence-electron chi connectivity index (χ3n) is 4.59. The molecule has 0 aliphatic carbocycles. The van der Waals surface area contributed by atoms with Gasteiger partial charge < -0.3 is 15.4 Å². The van der Waals surface area contributed by atoms with E-state index in [4.69, 9.17) is 9.72 Å². The van der Waals surface area contributed by atoms with Crippen molar-refractivity contribution in [2.24, 2.45) is 5.92 Å². The van der Waals surface area contributed by atoms with Crippen LogP contribution in [0.2, 0.25) is 0 Å². The van der Waals surface area contributed by atoms with Gasteiger partial charge in [0, 0.05) is 12.1 Å². The number of methoxy groups -OCH3 is 1. The largest absolute Gasteiger partial charge is 0.497 e. The van der Waals surface area contributed by atoms with Crippen LogP contribution in [0.4, 0.5) is 0 Å². The number of aryl methyl sites for hydroxylation is 1. The number of benzene rings is 1. The fourth-order valence-corrected chi connectivity index (χ4v) is 4.21. The van der Waals surface area contributed by atoms with Gasteiger partial charge in [-0.25, -0.2) is 4.98 Å². The van der Waals surface area contributed by atoms with Gasteiger partial charge in [-0.15, -0.1) is 23.7 Å². The van der Waals surface area contributed by atoms with E-state index in [1.165, 1.54) is 0 Å². The summed E-state index contributed by atoms with van der Waals surface area (Å²) in [6.45, 7) is 5.83. The minimum absolute atomic E-state index is 0. The van der Waals surface area contributed by atoms with E-state index in [2.05, 4.69) is 10.6 Å². The van der Waals surface area contributed by atoms with Gasteiger partial charge >= 0.3 is 0 Å². The summed E-state index contributed by atoms with van der Waals surface area (Å²) in [5.74, 6) is 1.04. The highest BCUT2D eigenvalue weighted by atomic mass is 35.5. The smallest absolute Gasteiger partial charge is 0.224 e. The second-order valence-electron chi connectivity index (χ2n) is 6.47. The maximum Gasteiger partial charge on any atom is 0.224 e. The lowest BCUT2D eigenvalue weighted by molar-refractivity contribution is -0.126. The summed E-state index contributed by atoms with van der Waals surface area (Å²) in [5.41, 5.74) is 2.04. The van der Waals surface area contributed by atoms with Crippen LogP contribution < -0.4 is 15.4 Å². The standard InChI is InChI=1S/C19H25N3O2S.ClH/c1-12(21-18(23)15-5-4-10-20-11-15)17-13(2)22-19(25-17)14-6-8-16(24-3)9-7-14;/h6-9,12,15,20H,4-5,10-11H2,1-3H3,(H,21,23);1H. The molecule has 142 valence electrons. The van der Waals surface area contributed by atoms with E-state index in [9.17, 15) is 4.79 Å². The molecule has 1 aliphatic rings. The monoisotopic (exact) mass is 395 g/mol. The molecule has 1 aromatic carbocycles. The number of rotatable bonds is 5. The molecule has 1 fully saturated rings. The summed E-state index contributed by atoms with van der Waals surface area (Å²) >= 11 is 1.64. The summed E-state index contributed by atoms with van der Waals surface area (Å²) in [5, 5.41) is 7.42. The van der Waals surface area contributed by atoms with Crippen molar-refractivity contribution in [2.45, 2.75) is 32.7 Å². The predicted molar refractivity (Wildman–Crippen MR) is 108 cm³/mol. The van der Waals surface area contributed by atoms with Crippen molar-refractivity contribution >= 4 is 29.7 Å². The molecule has 2 aromatic rings. The minimum atomic E-state index is -0.0288. The Morgan fingerprint density at radius 1 is 1.38 bits per heavy atom. The van der Waals surface area contributed by atoms with Crippen molar-refractivity contribution in [3.63, 3.8) is 0 Å². The van der Waals surface area contributed by atoms with Crippen molar-refractivity contribution < 1.29 is 9.53 Å². The molecule has 0 bridgehead atoms. The highest BCUT2D eigenvalue weighted by molar-refractivity contribution is 7.15. The molecule has 0 saturated carbocycles. The first-order valence-electron chi connectivity index (χ1n) is 8.71. The maximum atomic E-state index is 12.5. The molecule has 0 radical (unpaired) electrons. The Balaban J connectivity index is 0.00000243. The Hall–Kier alpha value is -1.63. The lowest BCUT2D eigenvalue weighted by Crippen LogP contribution is -2.41. The molecule has 5 nitrogen and oxygen atoms in total. The summed E-state index contributed by atoms with van der Waals surface area (Å²) in [7, 11) is 1.66. The molecule has 1 saturated heterocycles. The van der Waals surface area contributed by atoms with E-state index >= 15 is 0 Å². The number of halogens is 1. The number of aromatic nitrogens is 1. The quantitative estimate of drug-likeness (QED) is 0.809. The van der Waals surface area contributed by atoms with Gasteiger partial charge in [0.15, 0.2) is 0 Å². The van der Waals surface area contributed by atoms with E-state index in [0.29, 0.717) is 0 Å². The molecule has 2 N–H and O–H groups in total. The number of hydrogen-bond donors (Lipinski definition) is 2. The Labute approximate surface area is 165 Å². The number of amides is 1. The van der Waals surface area contributed by atoms with Crippen LogP contribution in [0.1, 0.15) is 36.4 Å². The molecule has 7 heteroatoms. The highest BCUT2D eigenvalue weighted by Crippen LogP contribution is 2.32. The number of nitrogens with one attached hydrogen (secondary N) is 2. The molecule has 2 heterocycles. The van der Waals surface area contributed by atoms with Crippen LogP contribution in [0.3, 0.4) is 0 Å². The van der Waals surface area contributed by atoms with Gasteiger partial charge in [0.1, 0.15) is 10.8 Å². The number of thiazole rings is 1. The first-order chi connectivity index (χ1) is 12.1. The number of piperidine rings is 1. The maximum absolute atomic E-state index is 12.5. The van der Waals surface area contributed by atoms with E-state index < -0.39 is 0 Å². The molecule has 2 unspecified atom stereocenters. The van der Waals surface area contributed by atoms with Crippen molar-refractivity contribution in [3.8, 4) is 16.3 Å². The summed E-state index contributed by atoms with van der Waals surface area (Å²) in [6, 6.07) is 7.87. The SMILES string of the molecule is COc1ccc(-c2nc(C)c(C(C)NC(=O)C3CCCNC3)s2)cc1.Cl. The number of carbonyl (C=O) groups excluding carboxylic acids is 1. The lowest BCUT2D eigenvalue weighted by Gasteiger charge is -2.23. The van der Waals surface area contributed by atoms with Gasteiger partial charge in [0.2, 0.25) is 5.91 Å². The summed E-state index contributed by atoms with van der Waals surface area (Å²) < 4.78 is 5.20. The van der Waals surface area contributed by atoms with Crippen molar-refractivity contribution in [1.82, 2.24) is 15.6 Å². The van der Waals surface area contributed by atoms with Crippen LogP contribution in [0, 0.1) is 12.8 Å². The Kier molecular flexibility index (Phi) is 7.43. The first kappa shape index (κ1) is 20.7. The normalized spacial score (nSPS) is 17.9. The molecular formula is C19H26ClN3O2S. The fraction of sp³-hybridized carbons (Fsp3) is 0.474. The first-order valence-corrected chi connectivity index (χ1v) is 9.53. The second-order valence-corrected chi connectivity index (χ2v) is 7.50. The molecule has 1 aliphatic heterocycles. The Morgan fingerprint density at radius 3 is 2.73 bits per heavy atom. The van der Waals surface area contributed by atoms with E-state index in [0.717, 1.165) is 52.8 Å². The molecule has 1 aromatic heterocycles. The summed E-state index contributed by atoms with van der Waals surface area (Å²) in [4.78, 5) is 18.3. The average Bonchev–Trinajstić information content (AvgIpc) is 3.04. The lowest BCUT2D eigenvalue weighted by atomic mass is 9.98. The zero-order valence-corrected chi connectivity index (χ0v) is 17.0. The van der Waals surface area contributed by atoms with Crippen LogP contribution in [-0.4, -0.2) is 31.1 Å². The Morgan fingerprint density at radius 2 is 2.12 bits per heavy atom. The molecule has 26 heavy (non-hydrogen) atoms. The Bertz CT molecular complexity index is 727. The van der Waals surface area contributed by atoms with Crippen molar-refractivity contribution in [3.05, 3.63) is 34.8 Å². The third kappa shape index (κ3) is 4.75. The number of ether oxygens (including phenoxy) is 1. The van der Waals surface area contributed by atoms with Crippen LogP contribution in [0.15, 0.2) is 24.3 Å². The third-order valence-corrected chi connectivity index (χ3v) is 5.98. The topological polar surface area (TPSA) is 63.2 Å². The van der Waals surface area contributed by atoms with E-state index in [1.807, 2.05) is 38.1 Å². The van der Waals surface area contributed by atoms with Crippen molar-refractivity contribution in [2.75, 3.05) is 20.2 Å². The zero-order valence-electron chi connectivity index (χ0n) is 15.4. The van der Waals surface area contributed by atoms with Gasteiger partial charge in [0.05, 0.1) is 29.6 Å². The zero-order chi connectivity index (χ0) is 17.8. The van der Waals surface area contributed by atoms with Gasteiger partial charge in [-0.3, -0.25) is 4.79 Å². The second kappa shape index (κ2) is 9.35. The number of nitrogens with zero attached hydrogens (tertiary/aromatic N) is 1. The molecular weight excluding hydrogens is 370 g/mol. The summed E-state index contributed by atoms with van der Waals surface area (Å²) in [6.07, 6.45) is 2.03. The van der Waals surface area contributed by atoms with E-state index in [1.54, 1.807) is 18.4 Å². The van der Waals surface area contributed by atoms with Crippen LogP contribution in [0.25, 0.3) is 10.6 Å². The van der Waals surface area contributed by atoms with Gasteiger partial charge in [-0.05, 0) is 57.5 Å².